The van der Waals surface area contributed by atoms with Crippen molar-refractivity contribution in [1.82, 2.24) is 16.1 Å². The van der Waals surface area contributed by atoms with Gasteiger partial charge in [-0.25, -0.2) is 0 Å². The van der Waals surface area contributed by atoms with E-state index in [2.05, 4.69) is 16.1 Å². The topological polar surface area (TPSA) is 79.5 Å². The fraction of sp³-hybridized carbons (Fsp3) is 0.263. The Bertz CT molecular complexity index is 736. The Kier molecular flexibility index (Phi) is 5.64. The van der Waals surface area contributed by atoms with Gasteiger partial charge in [-0.15, -0.1) is 0 Å². The van der Waals surface area contributed by atoms with Crippen LogP contribution in [0.2, 0.25) is 0 Å². The van der Waals surface area contributed by atoms with E-state index in [1.54, 1.807) is 0 Å². The number of amides is 2. The lowest BCUT2D eigenvalue weighted by Gasteiger charge is -2.24. The zero-order chi connectivity index (χ0) is 17.5. The second kappa shape index (κ2) is 8.30. The molecule has 1 aliphatic heterocycles. The standard InChI is InChI=1S/C19H21N3O3/c23-18(13-20-12-14-6-2-1-3-7-14)21-11-10-16-15-8-4-5-9-17(15)25-22-19(16)24/h1-7,9,20H,8,10-13H2,(H,21,23)(H,22,24). The summed E-state index contributed by atoms with van der Waals surface area (Å²) in [6.07, 6.45) is 6.84. The van der Waals surface area contributed by atoms with Gasteiger partial charge in [0.1, 0.15) is 0 Å². The van der Waals surface area contributed by atoms with Crippen molar-refractivity contribution in [1.29, 1.82) is 0 Å². The SMILES string of the molecule is O=C(CNCc1ccccc1)NCCC1=C2CC=CC=C2ONC1=O. The number of hydrogen-bond acceptors (Lipinski definition) is 4. The number of rotatable bonds is 7. The highest BCUT2D eigenvalue weighted by Gasteiger charge is 2.25. The molecule has 6 heteroatoms. The van der Waals surface area contributed by atoms with Gasteiger partial charge in [-0.1, -0.05) is 42.5 Å². The average Bonchev–Trinajstić information content (AvgIpc) is 2.64. The maximum atomic E-state index is 12.0. The summed E-state index contributed by atoms with van der Waals surface area (Å²) in [4.78, 5) is 29.1. The van der Waals surface area contributed by atoms with Crippen LogP contribution in [0.15, 0.2) is 65.5 Å². The molecule has 6 nitrogen and oxygen atoms in total. The molecule has 0 atom stereocenters. The third kappa shape index (κ3) is 4.58. The first-order valence-electron chi connectivity index (χ1n) is 8.32. The van der Waals surface area contributed by atoms with E-state index in [1.165, 1.54) is 0 Å². The Morgan fingerprint density at radius 2 is 2.08 bits per heavy atom. The number of carbonyl (C=O) groups excluding carboxylic acids is 2. The summed E-state index contributed by atoms with van der Waals surface area (Å²) in [5.41, 5.74) is 5.09. The van der Waals surface area contributed by atoms with Gasteiger partial charge in [0, 0.05) is 24.2 Å². The molecule has 3 rings (SSSR count). The van der Waals surface area contributed by atoms with Crippen LogP contribution < -0.4 is 16.1 Å². The van der Waals surface area contributed by atoms with Crippen molar-refractivity contribution < 1.29 is 14.4 Å². The molecule has 1 aromatic rings. The molecule has 2 aliphatic rings. The third-order valence-corrected chi connectivity index (χ3v) is 4.05. The van der Waals surface area contributed by atoms with Crippen LogP contribution in [0.1, 0.15) is 18.4 Å². The van der Waals surface area contributed by atoms with E-state index in [9.17, 15) is 9.59 Å². The molecule has 130 valence electrons. The lowest BCUT2D eigenvalue weighted by molar-refractivity contribution is -0.128. The van der Waals surface area contributed by atoms with E-state index in [1.807, 2.05) is 48.6 Å². The predicted octanol–water partition coefficient (Wildman–Crippen LogP) is 1.48. The molecule has 3 N–H and O–H groups in total. The van der Waals surface area contributed by atoms with Crippen molar-refractivity contribution in [3.8, 4) is 0 Å². The lowest BCUT2D eigenvalue weighted by atomic mass is 9.96. The van der Waals surface area contributed by atoms with Crippen molar-refractivity contribution in [3.05, 3.63) is 71.0 Å². The number of benzene rings is 1. The van der Waals surface area contributed by atoms with Gasteiger partial charge >= 0.3 is 0 Å². The first-order chi connectivity index (χ1) is 12.2. The van der Waals surface area contributed by atoms with Crippen LogP contribution in [0, 0.1) is 0 Å². The van der Waals surface area contributed by atoms with Gasteiger partial charge in [0.05, 0.1) is 6.54 Å². The highest BCUT2D eigenvalue weighted by molar-refractivity contribution is 5.95. The van der Waals surface area contributed by atoms with E-state index < -0.39 is 0 Å². The molecule has 0 unspecified atom stereocenters. The van der Waals surface area contributed by atoms with Crippen LogP contribution in [0.4, 0.5) is 0 Å². The number of hydrogen-bond donors (Lipinski definition) is 3. The van der Waals surface area contributed by atoms with Crippen LogP contribution >= 0.6 is 0 Å². The first kappa shape index (κ1) is 17.0. The van der Waals surface area contributed by atoms with E-state index >= 15 is 0 Å². The second-order valence-electron chi connectivity index (χ2n) is 5.84. The Hall–Kier alpha value is -2.86. The maximum Gasteiger partial charge on any atom is 0.280 e. The molecule has 0 spiro atoms. The summed E-state index contributed by atoms with van der Waals surface area (Å²) in [6.45, 7) is 1.29. The maximum absolute atomic E-state index is 12.0. The fourth-order valence-corrected chi connectivity index (χ4v) is 2.78. The Labute approximate surface area is 146 Å². The zero-order valence-electron chi connectivity index (χ0n) is 13.9. The fourth-order valence-electron chi connectivity index (χ4n) is 2.78. The molecular formula is C19H21N3O3. The summed E-state index contributed by atoms with van der Waals surface area (Å²) in [7, 11) is 0. The summed E-state index contributed by atoms with van der Waals surface area (Å²) >= 11 is 0. The molecule has 0 saturated carbocycles. The molecule has 2 amide bonds. The monoisotopic (exact) mass is 339 g/mol. The molecule has 0 aromatic heterocycles. The normalized spacial score (nSPS) is 15.8. The van der Waals surface area contributed by atoms with Crippen molar-refractivity contribution in [2.24, 2.45) is 0 Å². The average molecular weight is 339 g/mol. The number of allylic oxidation sites excluding steroid dienone is 4. The molecule has 1 heterocycles. The van der Waals surface area contributed by atoms with Gasteiger partial charge < -0.3 is 15.5 Å². The minimum Gasteiger partial charge on any atom is -0.379 e. The van der Waals surface area contributed by atoms with Gasteiger partial charge in [-0.3, -0.25) is 9.59 Å². The van der Waals surface area contributed by atoms with E-state index in [-0.39, 0.29) is 18.4 Å². The highest BCUT2D eigenvalue weighted by Crippen LogP contribution is 2.28. The van der Waals surface area contributed by atoms with Gasteiger partial charge in [0.15, 0.2) is 5.76 Å². The van der Waals surface area contributed by atoms with Crippen LogP contribution in [0.3, 0.4) is 0 Å². The number of nitrogens with one attached hydrogen (secondary N) is 3. The third-order valence-electron chi connectivity index (χ3n) is 4.05. The molecule has 0 fully saturated rings. The van der Waals surface area contributed by atoms with Gasteiger partial charge in [-0.05, 0) is 24.5 Å². The molecule has 1 aromatic carbocycles. The van der Waals surface area contributed by atoms with E-state index in [0.29, 0.717) is 37.3 Å². The summed E-state index contributed by atoms with van der Waals surface area (Å²) < 4.78 is 0. The minimum absolute atomic E-state index is 0.0895. The van der Waals surface area contributed by atoms with Gasteiger partial charge in [0.2, 0.25) is 5.91 Å². The summed E-state index contributed by atoms with van der Waals surface area (Å²) in [5, 5.41) is 5.94. The van der Waals surface area contributed by atoms with Crippen LogP contribution in [-0.4, -0.2) is 24.9 Å². The van der Waals surface area contributed by atoms with Crippen LogP contribution in [-0.2, 0) is 21.0 Å². The highest BCUT2D eigenvalue weighted by atomic mass is 16.7. The largest absolute Gasteiger partial charge is 0.379 e. The number of hydroxylamine groups is 1. The molecule has 1 aliphatic carbocycles. The molecule has 25 heavy (non-hydrogen) atoms. The van der Waals surface area contributed by atoms with Gasteiger partial charge in [0.25, 0.3) is 5.91 Å². The molecule has 0 radical (unpaired) electrons. The van der Waals surface area contributed by atoms with Crippen molar-refractivity contribution in [3.63, 3.8) is 0 Å². The van der Waals surface area contributed by atoms with Crippen LogP contribution in [0.5, 0.6) is 0 Å². The van der Waals surface area contributed by atoms with E-state index in [0.717, 1.165) is 11.1 Å². The second-order valence-corrected chi connectivity index (χ2v) is 5.84. The Morgan fingerprint density at radius 1 is 1.24 bits per heavy atom. The molecular weight excluding hydrogens is 318 g/mol. The van der Waals surface area contributed by atoms with E-state index in [4.69, 9.17) is 4.84 Å². The Balaban J connectivity index is 1.43. The predicted molar refractivity (Wildman–Crippen MR) is 93.9 cm³/mol. The smallest absolute Gasteiger partial charge is 0.280 e. The van der Waals surface area contributed by atoms with Crippen molar-refractivity contribution >= 4 is 11.8 Å². The lowest BCUT2D eigenvalue weighted by Crippen LogP contribution is -2.36. The van der Waals surface area contributed by atoms with Crippen LogP contribution in [0.25, 0.3) is 0 Å². The number of fused-ring (bicyclic) bond motifs is 1. The molecule has 0 bridgehead atoms. The van der Waals surface area contributed by atoms with Crippen molar-refractivity contribution in [2.75, 3.05) is 13.1 Å². The quantitative estimate of drug-likeness (QED) is 0.703. The first-order valence-corrected chi connectivity index (χ1v) is 8.32. The summed E-state index contributed by atoms with van der Waals surface area (Å²) in [5.74, 6) is 0.347. The zero-order valence-corrected chi connectivity index (χ0v) is 13.9. The van der Waals surface area contributed by atoms with Crippen molar-refractivity contribution in [2.45, 2.75) is 19.4 Å². The Morgan fingerprint density at radius 3 is 2.92 bits per heavy atom. The number of carbonyl (C=O) groups is 2. The summed E-state index contributed by atoms with van der Waals surface area (Å²) in [6, 6.07) is 9.90. The van der Waals surface area contributed by atoms with Gasteiger partial charge in [-0.2, -0.15) is 5.48 Å². The minimum atomic E-state index is -0.237. The molecule has 0 saturated heterocycles.